The molecule has 2 atom stereocenters. The third-order valence-corrected chi connectivity index (χ3v) is 4.42. The van der Waals surface area contributed by atoms with E-state index in [0.29, 0.717) is 11.8 Å². The summed E-state index contributed by atoms with van der Waals surface area (Å²) in [7, 11) is 0. The summed E-state index contributed by atoms with van der Waals surface area (Å²) >= 11 is 0. The predicted octanol–water partition coefficient (Wildman–Crippen LogP) is 4.25. The van der Waals surface area contributed by atoms with E-state index in [1.165, 1.54) is 18.6 Å². The monoisotopic (exact) mass is 250 g/mol. The smallest absolute Gasteiger partial charge is 0.123 e. The van der Waals surface area contributed by atoms with Gasteiger partial charge in [0.2, 0.25) is 0 Å². The highest BCUT2D eigenvalue weighted by molar-refractivity contribution is 5.23. The van der Waals surface area contributed by atoms with Gasteiger partial charge in [-0.25, -0.2) is 4.39 Å². The highest BCUT2D eigenvalue weighted by Crippen LogP contribution is 2.39. The Morgan fingerprint density at radius 2 is 1.83 bits per heavy atom. The van der Waals surface area contributed by atoms with E-state index in [0.717, 1.165) is 31.2 Å². The molecule has 1 aliphatic carbocycles. The first-order valence-corrected chi connectivity index (χ1v) is 7.00. The first kappa shape index (κ1) is 13.5. The Morgan fingerprint density at radius 3 is 2.44 bits per heavy atom. The highest BCUT2D eigenvalue weighted by Gasteiger charge is 2.33. The van der Waals surface area contributed by atoms with Crippen molar-refractivity contribution in [2.75, 3.05) is 0 Å². The molecule has 1 aromatic carbocycles. The van der Waals surface area contributed by atoms with Crippen LogP contribution in [0.3, 0.4) is 0 Å². The van der Waals surface area contributed by atoms with E-state index in [9.17, 15) is 9.50 Å². The van der Waals surface area contributed by atoms with Crippen molar-refractivity contribution in [3.63, 3.8) is 0 Å². The molecule has 1 N–H and O–H groups in total. The summed E-state index contributed by atoms with van der Waals surface area (Å²) < 4.78 is 12.9. The Bertz CT molecular complexity index is 385. The van der Waals surface area contributed by atoms with Crippen LogP contribution in [0.25, 0.3) is 0 Å². The maximum Gasteiger partial charge on any atom is 0.123 e. The number of halogens is 1. The van der Waals surface area contributed by atoms with Gasteiger partial charge in [-0.2, -0.15) is 0 Å². The van der Waals surface area contributed by atoms with E-state index in [1.807, 2.05) is 0 Å². The lowest BCUT2D eigenvalue weighted by Crippen LogP contribution is -2.25. The zero-order chi connectivity index (χ0) is 13.2. The number of benzene rings is 1. The van der Waals surface area contributed by atoms with Crippen LogP contribution in [0.4, 0.5) is 4.39 Å². The summed E-state index contributed by atoms with van der Waals surface area (Å²) in [4.78, 5) is 0. The number of hydrogen-bond donors (Lipinski definition) is 1. The van der Waals surface area contributed by atoms with E-state index < -0.39 is 5.60 Å². The SMILES string of the molecule is CC(C)C1CCCC(O)(c2ccc(F)cc2)CC1. The number of rotatable bonds is 2. The fraction of sp³-hybridized carbons (Fsp3) is 0.625. The van der Waals surface area contributed by atoms with Gasteiger partial charge in [-0.05, 0) is 55.2 Å². The van der Waals surface area contributed by atoms with Crippen molar-refractivity contribution in [3.05, 3.63) is 35.6 Å². The normalized spacial score (nSPS) is 29.3. The molecule has 2 heteroatoms. The fourth-order valence-corrected chi connectivity index (χ4v) is 3.07. The van der Waals surface area contributed by atoms with Crippen LogP contribution >= 0.6 is 0 Å². The summed E-state index contributed by atoms with van der Waals surface area (Å²) in [5, 5.41) is 10.8. The largest absolute Gasteiger partial charge is 0.385 e. The molecule has 0 spiro atoms. The first-order chi connectivity index (χ1) is 8.51. The second-order valence-corrected chi connectivity index (χ2v) is 5.97. The van der Waals surface area contributed by atoms with Crippen LogP contribution in [0.15, 0.2) is 24.3 Å². The number of aliphatic hydroxyl groups is 1. The molecule has 2 unspecified atom stereocenters. The van der Waals surface area contributed by atoms with Crippen molar-refractivity contribution in [2.24, 2.45) is 11.8 Å². The van der Waals surface area contributed by atoms with Crippen LogP contribution in [0.5, 0.6) is 0 Å². The molecule has 0 heterocycles. The minimum Gasteiger partial charge on any atom is -0.385 e. The molecule has 1 saturated carbocycles. The number of hydrogen-bond acceptors (Lipinski definition) is 1. The van der Waals surface area contributed by atoms with E-state index in [-0.39, 0.29) is 5.82 Å². The molecule has 0 aromatic heterocycles. The van der Waals surface area contributed by atoms with Gasteiger partial charge in [-0.15, -0.1) is 0 Å². The van der Waals surface area contributed by atoms with Crippen LogP contribution in [-0.4, -0.2) is 5.11 Å². The molecule has 0 radical (unpaired) electrons. The maximum absolute atomic E-state index is 12.9. The van der Waals surface area contributed by atoms with Crippen molar-refractivity contribution < 1.29 is 9.50 Å². The van der Waals surface area contributed by atoms with Gasteiger partial charge < -0.3 is 5.11 Å². The Hall–Kier alpha value is -0.890. The zero-order valence-electron chi connectivity index (χ0n) is 11.3. The first-order valence-electron chi connectivity index (χ1n) is 7.00. The predicted molar refractivity (Wildman–Crippen MR) is 71.7 cm³/mol. The Labute approximate surface area is 109 Å². The van der Waals surface area contributed by atoms with Gasteiger partial charge in [0.25, 0.3) is 0 Å². The quantitative estimate of drug-likeness (QED) is 0.778. The van der Waals surface area contributed by atoms with Gasteiger partial charge >= 0.3 is 0 Å². The third-order valence-electron chi connectivity index (χ3n) is 4.42. The van der Waals surface area contributed by atoms with E-state index in [4.69, 9.17) is 0 Å². The van der Waals surface area contributed by atoms with Crippen molar-refractivity contribution in [1.82, 2.24) is 0 Å². The van der Waals surface area contributed by atoms with Crippen molar-refractivity contribution in [2.45, 2.75) is 51.6 Å². The summed E-state index contributed by atoms with van der Waals surface area (Å²) in [6.45, 7) is 4.51. The summed E-state index contributed by atoms with van der Waals surface area (Å²) in [5.74, 6) is 1.15. The second kappa shape index (κ2) is 5.40. The lowest BCUT2D eigenvalue weighted by molar-refractivity contribution is 0.0190. The van der Waals surface area contributed by atoms with Crippen LogP contribution in [-0.2, 0) is 5.60 Å². The van der Waals surface area contributed by atoms with Gasteiger partial charge in [0.05, 0.1) is 5.60 Å². The molecule has 0 aliphatic heterocycles. The van der Waals surface area contributed by atoms with Crippen molar-refractivity contribution >= 4 is 0 Å². The summed E-state index contributed by atoms with van der Waals surface area (Å²) in [6, 6.07) is 6.34. The van der Waals surface area contributed by atoms with Gasteiger partial charge in [0.1, 0.15) is 5.82 Å². The standard InChI is InChI=1S/C16H23FO/c1-12(2)13-4-3-10-16(18,11-9-13)14-5-7-15(17)8-6-14/h5-8,12-13,18H,3-4,9-11H2,1-2H3. The van der Waals surface area contributed by atoms with Gasteiger partial charge in [0, 0.05) is 0 Å². The Morgan fingerprint density at radius 1 is 1.17 bits per heavy atom. The van der Waals surface area contributed by atoms with E-state index in [2.05, 4.69) is 13.8 Å². The molecule has 1 aliphatic rings. The lowest BCUT2D eigenvalue weighted by Gasteiger charge is -2.27. The molecule has 0 saturated heterocycles. The average Bonchev–Trinajstić information content (AvgIpc) is 2.53. The van der Waals surface area contributed by atoms with Crippen LogP contribution in [0.1, 0.15) is 51.5 Å². The molecule has 18 heavy (non-hydrogen) atoms. The van der Waals surface area contributed by atoms with Crippen LogP contribution in [0.2, 0.25) is 0 Å². The lowest BCUT2D eigenvalue weighted by atomic mass is 9.85. The van der Waals surface area contributed by atoms with E-state index in [1.54, 1.807) is 12.1 Å². The molecule has 1 fully saturated rings. The topological polar surface area (TPSA) is 20.2 Å². The molecule has 0 bridgehead atoms. The van der Waals surface area contributed by atoms with Crippen LogP contribution in [0, 0.1) is 17.7 Å². The molecule has 0 amide bonds. The minimum atomic E-state index is -0.753. The van der Waals surface area contributed by atoms with E-state index >= 15 is 0 Å². The third kappa shape index (κ3) is 2.92. The van der Waals surface area contributed by atoms with Crippen molar-refractivity contribution in [3.8, 4) is 0 Å². The van der Waals surface area contributed by atoms with Crippen molar-refractivity contribution in [1.29, 1.82) is 0 Å². The molecule has 1 aromatic rings. The average molecular weight is 250 g/mol. The molecule has 2 rings (SSSR count). The summed E-state index contributed by atoms with van der Waals surface area (Å²) in [5.41, 5.74) is 0.116. The maximum atomic E-state index is 12.9. The molecular formula is C16H23FO. The van der Waals surface area contributed by atoms with Gasteiger partial charge in [-0.1, -0.05) is 32.4 Å². The molecule has 1 nitrogen and oxygen atoms in total. The zero-order valence-corrected chi connectivity index (χ0v) is 11.3. The van der Waals surface area contributed by atoms with Crippen LogP contribution < -0.4 is 0 Å². The van der Waals surface area contributed by atoms with Gasteiger partial charge in [-0.3, -0.25) is 0 Å². The molecule has 100 valence electrons. The summed E-state index contributed by atoms with van der Waals surface area (Å²) in [6.07, 6.45) is 4.90. The highest BCUT2D eigenvalue weighted by atomic mass is 19.1. The Kier molecular flexibility index (Phi) is 4.06. The van der Waals surface area contributed by atoms with Gasteiger partial charge in [0.15, 0.2) is 0 Å². The minimum absolute atomic E-state index is 0.240. The fourth-order valence-electron chi connectivity index (χ4n) is 3.07. The molecular weight excluding hydrogens is 227 g/mol. The second-order valence-electron chi connectivity index (χ2n) is 5.97. The Balaban J connectivity index is 2.14.